The van der Waals surface area contributed by atoms with Crippen LogP contribution in [0.3, 0.4) is 0 Å². The van der Waals surface area contributed by atoms with E-state index in [1.807, 2.05) is 17.9 Å². The molecule has 0 aliphatic carbocycles. The molecule has 1 atom stereocenters. The van der Waals surface area contributed by atoms with Crippen LogP contribution in [-0.4, -0.2) is 22.9 Å². The molecule has 0 saturated heterocycles. The third kappa shape index (κ3) is 4.79. The molecule has 0 spiro atoms. The van der Waals surface area contributed by atoms with Gasteiger partial charge in [0.15, 0.2) is 0 Å². The van der Waals surface area contributed by atoms with Crippen LogP contribution < -0.4 is 5.32 Å². The minimum absolute atomic E-state index is 0.641. The SMILES string of the molecule is CNC(CCc1cnn(C)c1)CCC(C)C. The van der Waals surface area contributed by atoms with Gasteiger partial charge >= 0.3 is 0 Å². The van der Waals surface area contributed by atoms with Gasteiger partial charge in [0.05, 0.1) is 6.20 Å². The van der Waals surface area contributed by atoms with Crippen molar-refractivity contribution in [2.45, 2.75) is 45.6 Å². The highest BCUT2D eigenvalue weighted by Gasteiger charge is 2.08. The molecule has 0 aliphatic rings. The van der Waals surface area contributed by atoms with Crippen LogP contribution in [0.5, 0.6) is 0 Å². The molecule has 3 heteroatoms. The summed E-state index contributed by atoms with van der Waals surface area (Å²) in [6, 6.07) is 0.641. The minimum Gasteiger partial charge on any atom is -0.317 e. The van der Waals surface area contributed by atoms with Crippen LogP contribution >= 0.6 is 0 Å². The summed E-state index contributed by atoms with van der Waals surface area (Å²) in [6.45, 7) is 4.57. The molecule has 1 rings (SSSR count). The number of aromatic nitrogens is 2. The van der Waals surface area contributed by atoms with Gasteiger partial charge in [0.2, 0.25) is 0 Å². The van der Waals surface area contributed by atoms with Gasteiger partial charge in [-0.15, -0.1) is 0 Å². The molecular formula is C13H25N3. The first kappa shape index (κ1) is 13.2. The molecule has 0 bridgehead atoms. The van der Waals surface area contributed by atoms with E-state index >= 15 is 0 Å². The predicted molar refractivity (Wildman–Crippen MR) is 68.4 cm³/mol. The molecular weight excluding hydrogens is 198 g/mol. The largest absolute Gasteiger partial charge is 0.317 e. The molecule has 0 radical (unpaired) electrons. The molecule has 1 aromatic heterocycles. The van der Waals surface area contributed by atoms with Crippen LogP contribution in [0.25, 0.3) is 0 Å². The molecule has 0 aromatic carbocycles. The number of hydrogen-bond acceptors (Lipinski definition) is 2. The summed E-state index contributed by atoms with van der Waals surface area (Å²) in [5.74, 6) is 0.800. The van der Waals surface area contributed by atoms with E-state index in [0.29, 0.717) is 6.04 Å². The monoisotopic (exact) mass is 223 g/mol. The van der Waals surface area contributed by atoms with E-state index in [2.05, 4.69) is 37.5 Å². The first-order chi connectivity index (χ1) is 7.61. The van der Waals surface area contributed by atoms with Crippen LogP contribution in [0.2, 0.25) is 0 Å². The van der Waals surface area contributed by atoms with Gasteiger partial charge in [0.25, 0.3) is 0 Å². The zero-order valence-corrected chi connectivity index (χ0v) is 11.0. The maximum atomic E-state index is 4.19. The lowest BCUT2D eigenvalue weighted by Crippen LogP contribution is -2.26. The van der Waals surface area contributed by atoms with Crippen molar-refractivity contribution in [3.8, 4) is 0 Å². The Kier molecular flexibility index (Phi) is 5.53. The van der Waals surface area contributed by atoms with E-state index in [1.54, 1.807) is 0 Å². The van der Waals surface area contributed by atoms with Crippen molar-refractivity contribution < 1.29 is 0 Å². The van der Waals surface area contributed by atoms with E-state index in [9.17, 15) is 0 Å². The van der Waals surface area contributed by atoms with Crippen molar-refractivity contribution in [3.05, 3.63) is 18.0 Å². The Morgan fingerprint density at radius 1 is 1.31 bits per heavy atom. The highest BCUT2D eigenvalue weighted by Crippen LogP contribution is 2.11. The third-order valence-corrected chi connectivity index (χ3v) is 3.04. The first-order valence-corrected chi connectivity index (χ1v) is 6.26. The van der Waals surface area contributed by atoms with Crippen LogP contribution in [0.15, 0.2) is 12.4 Å². The van der Waals surface area contributed by atoms with Gasteiger partial charge < -0.3 is 5.32 Å². The Labute approximate surface area is 99.2 Å². The lowest BCUT2D eigenvalue weighted by molar-refractivity contribution is 0.433. The van der Waals surface area contributed by atoms with Gasteiger partial charge in [0.1, 0.15) is 0 Å². The van der Waals surface area contributed by atoms with Crippen molar-refractivity contribution in [1.82, 2.24) is 15.1 Å². The van der Waals surface area contributed by atoms with Crippen molar-refractivity contribution in [2.24, 2.45) is 13.0 Å². The number of aryl methyl sites for hydroxylation is 2. The van der Waals surface area contributed by atoms with E-state index in [0.717, 1.165) is 12.3 Å². The van der Waals surface area contributed by atoms with E-state index < -0.39 is 0 Å². The van der Waals surface area contributed by atoms with Crippen LogP contribution in [-0.2, 0) is 13.5 Å². The highest BCUT2D eigenvalue weighted by molar-refractivity contribution is 5.03. The second kappa shape index (κ2) is 6.69. The lowest BCUT2D eigenvalue weighted by Gasteiger charge is -2.16. The normalized spacial score (nSPS) is 13.3. The van der Waals surface area contributed by atoms with Crippen molar-refractivity contribution in [1.29, 1.82) is 0 Å². The zero-order valence-electron chi connectivity index (χ0n) is 11.0. The quantitative estimate of drug-likeness (QED) is 0.769. The maximum absolute atomic E-state index is 4.19. The van der Waals surface area contributed by atoms with Crippen molar-refractivity contribution >= 4 is 0 Å². The van der Waals surface area contributed by atoms with Gasteiger partial charge in [-0.2, -0.15) is 5.10 Å². The van der Waals surface area contributed by atoms with Gasteiger partial charge in [-0.05, 0) is 44.2 Å². The van der Waals surface area contributed by atoms with Gasteiger partial charge in [-0.3, -0.25) is 4.68 Å². The molecule has 1 unspecified atom stereocenters. The second-order valence-corrected chi connectivity index (χ2v) is 5.02. The van der Waals surface area contributed by atoms with E-state index in [1.165, 1.54) is 24.8 Å². The lowest BCUT2D eigenvalue weighted by atomic mass is 9.99. The summed E-state index contributed by atoms with van der Waals surface area (Å²) in [5, 5.41) is 7.60. The Morgan fingerprint density at radius 3 is 2.56 bits per heavy atom. The topological polar surface area (TPSA) is 29.9 Å². The fourth-order valence-electron chi connectivity index (χ4n) is 1.91. The smallest absolute Gasteiger partial charge is 0.0521 e. The molecule has 92 valence electrons. The van der Waals surface area contributed by atoms with Gasteiger partial charge in [0, 0.05) is 19.3 Å². The van der Waals surface area contributed by atoms with Gasteiger partial charge in [-0.25, -0.2) is 0 Å². The highest BCUT2D eigenvalue weighted by atomic mass is 15.2. The molecule has 0 amide bonds. The molecule has 16 heavy (non-hydrogen) atoms. The Balaban J connectivity index is 2.28. The molecule has 3 nitrogen and oxygen atoms in total. The molecule has 0 saturated carbocycles. The fourth-order valence-corrected chi connectivity index (χ4v) is 1.91. The third-order valence-electron chi connectivity index (χ3n) is 3.04. The summed E-state index contributed by atoms with van der Waals surface area (Å²) >= 11 is 0. The number of rotatable bonds is 7. The number of nitrogens with one attached hydrogen (secondary N) is 1. The van der Waals surface area contributed by atoms with Crippen LogP contribution in [0.1, 0.15) is 38.7 Å². The maximum Gasteiger partial charge on any atom is 0.0521 e. The Morgan fingerprint density at radius 2 is 2.06 bits per heavy atom. The summed E-state index contributed by atoms with van der Waals surface area (Å²) in [5.41, 5.74) is 1.34. The summed E-state index contributed by atoms with van der Waals surface area (Å²) in [4.78, 5) is 0. The second-order valence-electron chi connectivity index (χ2n) is 5.02. The number of nitrogens with zero attached hydrogens (tertiary/aromatic N) is 2. The van der Waals surface area contributed by atoms with Crippen LogP contribution in [0, 0.1) is 5.92 Å². The van der Waals surface area contributed by atoms with Crippen LogP contribution in [0.4, 0.5) is 0 Å². The van der Waals surface area contributed by atoms with Crippen molar-refractivity contribution in [2.75, 3.05) is 7.05 Å². The molecule has 0 fully saturated rings. The fraction of sp³-hybridized carbons (Fsp3) is 0.769. The average Bonchev–Trinajstić information content (AvgIpc) is 2.64. The minimum atomic E-state index is 0.641. The molecule has 1 aromatic rings. The Hall–Kier alpha value is -0.830. The Bertz CT molecular complexity index is 291. The standard InChI is InChI=1S/C13H25N3/c1-11(2)5-7-13(14-3)8-6-12-9-15-16(4)10-12/h9-11,13-14H,5-8H2,1-4H3. The summed E-state index contributed by atoms with van der Waals surface area (Å²) in [6.07, 6.45) is 8.98. The van der Waals surface area contributed by atoms with E-state index in [-0.39, 0.29) is 0 Å². The van der Waals surface area contributed by atoms with Gasteiger partial charge in [-0.1, -0.05) is 13.8 Å². The predicted octanol–water partition coefficient (Wildman–Crippen LogP) is 2.38. The summed E-state index contributed by atoms with van der Waals surface area (Å²) < 4.78 is 1.87. The molecule has 1 heterocycles. The number of hydrogen-bond donors (Lipinski definition) is 1. The average molecular weight is 223 g/mol. The molecule has 0 aliphatic heterocycles. The van der Waals surface area contributed by atoms with E-state index in [4.69, 9.17) is 0 Å². The first-order valence-electron chi connectivity index (χ1n) is 6.26. The zero-order chi connectivity index (χ0) is 12.0. The summed E-state index contributed by atoms with van der Waals surface area (Å²) in [7, 11) is 4.03. The van der Waals surface area contributed by atoms with Crippen molar-refractivity contribution in [3.63, 3.8) is 0 Å². The molecule has 1 N–H and O–H groups in total.